The number of halogens is 2. The molecule has 2 fully saturated rings. The molecule has 2 aromatic heterocycles. The fraction of sp³-hybridized carbons (Fsp3) is 0.613. The van der Waals surface area contributed by atoms with Crippen LogP contribution in [0.3, 0.4) is 0 Å². The number of fused-ring (bicyclic) bond motifs is 1. The van der Waals surface area contributed by atoms with Crippen LogP contribution in [0.5, 0.6) is 0 Å². The maximum absolute atomic E-state index is 14.3. The Bertz CT molecular complexity index is 1360. The van der Waals surface area contributed by atoms with Crippen molar-refractivity contribution in [2.24, 2.45) is 5.92 Å². The van der Waals surface area contributed by atoms with Gasteiger partial charge in [-0.2, -0.15) is 0 Å². The standard InChI is InChI=1S/C31H43F2N7O2/c1-20-5-12-24-25(17-20)40(31(35-24)29(32)33)27-18-26(39-13-15-42-16-14-39)36-30(37-27)21(2)6-7-22-8-10-23(11-9-22)34-28(41)19-38(3)4/h5,12,17-18,21-23,29H,6-11,13-16,19H2,1-4H3,(H,34,41)/t21?,22-,23-. The van der Waals surface area contributed by atoms with Crippen molar-refractivity contribution in [1.82, 2.24) is 29.7 Å². The van der Waals surface area contributed by atoms with Crippen molar-refractivity contribution in [1.29, 1.82) is 0 Å². The molecular formula is C31H43F2N7O2. The maximum Gasteiger partial charge on any atom is 0.296 e. The predicted molar refractivity (Wildman–Crippen MR) is 159 cm³/mol. The molecule has 3 heterocycles. The van der Waals surface area contributed by atoms with Gasteiger partial charge in [-0.15, -0.1) is 0 Å². The molecule has 1 amide bonds. The number of hydrogen-bond acceptors (Lipinski definition) is 7. The number of morpholine rings is 1. The summed E-state index contributed by atoms with van der Waals surface area (Å²) in [7, 11) is 3.80. The summed E-state index contributed by atoms with van der Waals surface area (Å²) in [5.41, 5.74) is 2.10. The number of nitrogens with one attached hydrogen (secondary N) is 1. The van der Waals surface area contributed by atoms with Crippen LogP contribution in [0.15, 0.2) is 24.3 Å². The zero-order valence-corrected chi connectivity index (χ0v) is 25.2. The number of anilines is 1. The van der Waals surface area contributed by atoms with Gasteiger partial charge in [0.1, 0.15) is 17.5 Å². The Labute approximate surface area is 246 Å². The summed E-state index contributed by atoms with van der Waals surface area (Å²) in [6.45, 7) is 7.04. The van der Waals surface area contributed by atoms with Crippen molar-refractivity contribution in [3.63, 3.8) is 0 Å². The number of rotatable bonds is 10. The van der Waals surface area contributed by atoms with E-state index in [1.54, 1.807) is 6.07 Å². The lowest BCUT2D eigenvalue weighted by atomic mass is 9.82. The largest absolute Gasteiger partial charge is 0.378 e. The Morgan fingerprint density at radius 1 is 1.07 bits per heavy atom. The Kier molecular flexibility index (Phi) is 9.67. The number of hydrogen-bond donors (Lipinski definition) is 1. The normalized spacial score (nSPS) is 20.4. The van der Waals surface area contributed by atoms with Crippen LogP contribution in [-0.4, -0.2) is 83.3 Å². The molecule has 0 spiro atoms. The molecule has 0 bridgehead atoms. The van der Waals surface area contributed by atoms with Gasteiger partial charge < -0.3 is 19.9 Å². The summed E-state index contributed by atoms with van der Waals surface area (Å²) < 4.78 is 35.6. The van der Waals surface area contributed by atoms with E-state index < -0.39 is 6.43 Å². The van der Waals surface area contributed by atoms with Gasteiger partial charge in [0.05, 0.1) is 30.8 Å². The van der Waals surface area contributed by atoms with Crippen molar-refractivity contribution in [2.75, 3.05) is 51.8 Å². The quantitative estimate of drug-likeness (QED) is 0.359. The van der Waals surface area contributed by atoms with Crippen LogP contribution in [-0.2, 0) is 9.53 Å². The van der Waals surface area contributed by atoms with Gasteiger partial charge in [0.2, 0.25) is 5.91 Å². The summed E-state index contributed by atoms with van der Waals surface area (Å²) in [5, 5.41) is 3.17. The number of likely N-dealkylation sites (N-methyl/N-ethyl adjacent to an activating group) is 1. The predicted octanol–water partition coefficient (Wildman–Crippen LogP) is 5.02. The summed E-state index contributed by atoms with van der Waals surface area (Å²) >= 11 is 0. The second-order valence-electron chi connectivity index (χ2n) is 12.1. The van der Waals surface area contributed by atoms with Crippen molar-refractivity contribution < 1.29 is 18.3 Å². The van der Waals surface area contributed by atoms with Crippen molar-refractivity contribution in [3.05, 3.63) is 41.5 Å². The van der Waals surface area contributed by atoms with Crippen LogP contribution < -0.4 is 10.2 Å². The third kappa shape index (κ3) is 7.23. The van der Waals surface area contributed by atoms with E-state index in [4.69, 9.17) is 14.7 Å². The molecule has 5 rings (SSSR count). The first kappa shape index (κ1) is 30.3. The van der Waals surface area contributed by atoms with E-state index in [0.717, 1.165) is 49.9 Å². The first-order valence-corrected chi connectivity index (χ1v) is 15.1. The molecule has 1 aliphatic carbocycles. The fourth-order valence-corrected chi connectivity index (χ4v) is 6.09. The van der Waals surface area contributed by atoms with E-state index in [1.807, 2.05) is 44.1 Å². The first-order chi connectivity index (χ1) is 20.2. The molecule has 1 saturated heterocycles. The monoisotopic (exact) mass is 583 g/mol. The number of alkyl halides is 2. The van der Waals surface area contributed by atoms with E-state index >= 15 is 0 Å². The average molecular weight is 584 g/mol. The molecule has 1 saturated carbocycles. The fourth-order valence-electron chi connectivity index (χ4n) is 6.09. The van der Waals surface area contributed by atoms with Gasteiger partial charge in [-0.3, -0.25) is 9.36 Å². The molecule has 2 aliphatic rings. The van der Waals surface area contributed by atoms with Gasteiger partial charge in [-0.1, -0.05) is 13.0 Å². The highest BCUT2D eigenvalue weighted by atomic mass is 19.3. The van der Waals surface area contributed by atoms with Gasteiger partial charge in [-0.25, -0.2) is 23.7 Å². The number of amides is 1. The van der Waals surface area contributed by atoms with Gasteiger partial charge >= 0.3 is 0 Å². The Hall–Kier alpha value is -3.18. The van der Waals surface area contributed by atoms with Crippen LogP contribution >= 0.6 is 0 Å². The van der Waals surface area contributed by atoms with Crippen molar-refractivity contribution >= 4 is 22.8 Å². The van der Waals surface area contributed by atoms with E-state index in [0.29, 0.717) is 61.4 Å². The van der Waals surface area contributed by atoms with Gasteiger partial charge in [-0.05, 0) is 83.2 Å². The Morgan fingerprint density at radius 2 is 1.79 bits per heavy atom. The highest BCUT2D eigenvalue weighted by Gasteiger charge is 2.26. The Balaban J connectivity index is 1.35. The van der Waals surface area contributed by atoms with E-state index in [9.17, 15) is 13.6 Å². The van der Waals surface area contributed by atoms with Crippen LogP contribution in [0.25, 0.3) is 16.9 Å². The number of carbonyl (C=O) groups excluding carboxylic acids is 1. The minimum Gasteiger partial charge on any atom is -0.378 e. The molecule has 1 unspecified atom stereocenters. The molecule has 1 N–H and O–H groups in total. The minimum absolute atomic E-state index is 0.0498. The van der Waals surface area contributed by atoms with Crippen LogP contribution in [0.4, 0.5) is 14.6 Å². The number of carbonyl (C=O) groups is 1. The lowest BCUT2D eigenvalue weighted by Crippen LogP contribution is -2.41. The number of ether oxygens (including phenoxy) is 1. The molecular weight excluding hydrogens is 540 g/mol. The third-order valence-electron chi connectivity index (χ3n) is 8.43. The third-order valence-corrected chi connectivity index (χ3v) is 8.43. The number of imidazole rings is 1. The molecule has 1 aliphatic heterocycles. The van der Waals surface area contributed by atoms with Crippen molar-refractivity contribution in [2.45, 2.75) is 70.8 Å². The number of aromatic nitrogens is 4. The number of aryl methyl sites for hydroxylation is 1. The highest BCUT2D eigenvalue weighted by Crippen LogP contribution is 2.33. The van der Waals surface area contributed by atoms with Crippen molar-refractivity contribution in [3.8, 4) is 5.82 Å². The summed E-state index contributed by atoms with van der Waals surface area (Å²) in [6, 6.07) is 7.60. The second kappa shape index (κ2) is 13.4. The molecule has 1 atom stereocenters. The lowest BCUT2D eigenvalue weighted by Gasteiger charge is -2.30. The average Bonchev–Trinajstić information content (AvgIpc) is 3.35. The molecule has 9 nitrogen and oxygen atoms in total. The van der Waals surface area contributed by atoms with E-state index in [2.05, 4.69) is 22.1 Å². The molecule has 228 valence electrons. The van der Waals surface area contributed by atoms with E-state index in [1.165, 1.54) is 4.57 Å². The second-order valence-corrected chi connectivity index (χ2v) is 12.1. The summed E-state index contributed by atoms with van der Waals surface area (Å²) in [6.07, 6.45) is 3.34. The summed E-state index contributed by atoms with van der Waals surface area (Å²) in [4.78, 5) is 30.3. The van der Waals surface area contributed by atoms with Crippen LogP contribution in [0.1, 0.15) is 75.0 Å². The van der Waals surface area contributed by atoms with E-state index in [-0.39, 0.29) is 23.7 Å². The van der Waals surface area contributed by atoms with Crippen LogP contribution in [0.2, 0.25) is 0 Å². The van der Waals surface area contributed by atoms with Gasteiger partial charge in [0.15, 0.2) is 5.82 Å². The first-order valence-electron chi connectivity index (χ1n) is 15.1. The molecule has 42 heavy (non-hydrogen) atoms. The van der Waals surface area contributed by atoms with Gasteiger partial charge in [0.25, 0.3) is 6.43 Å². The minimum atomic E-state index is -2.75. The Morgan fingerprint density at radius 3 is 2.48 bits per heavy atom. The SMILES string of the molecule is Cc1ccc2nc(C(F)F)n(-c3cc(N4CCOCC4)nc(C(C)CC[C@H]4CC[C@H](NC(=O)CN(C)C)CC4)n3)c2c1. The number of nitrogens with zero attached hydrogens (tertiary/aromatic N) is 6. The smallest absolute Gasteiger partial charge is 0.296 e. The maximum atomic E-state index is 14.3. The highest BCUT2D eigenvalue weighted by molar-refractivity contribution is 5.79. The molecule has 1 aromatic carbocycles. The molecule has 11 heteroatoms. The molecule has 3 aromatic rings. The van der Waals surface area contributed by atoms with Gasteiger partial charge in [0, 0.05) is 31.1 Å². The molecule has 0 radical (unpaired) electrons. The summed E-state index contributed by atoms with van der Waals surface area (Å²) in [5.74, 6) is 2.22. The lowest BCUT2D eigenvalue weighted by molar-refractivity contribution is -0.122. The topological polar surface area (TPSA) is 88.4 Å². The van der Waals surface area contributed by atoms with Crippen LogP contribution in [0, 0.1) is 12.8 Å². The number of benzene rings is 1. The zero-order valence-electron chi connectivity index (χ0n) is 25.2. The zero-order chi connectivity index (χ0) is 29.8.